The van der Waals surface area contributed by atoms with Crippen molar-refractivity contribution in [2.75, 3.05) is 6.54 Å². The average molecular weight is 448 g/mol. The van der Waals surface area contributed by atoms with E-state index in [1.165, 1.54) is 66.9 Å². The topological polar surface area (TPSA) is 23.8 Å². The van der Waals surface area contributed by atoms with Gasteiger partial charge in [-0.3, -0.25) is 6.08 Å². The van der Waals surface area contributed by atoms with Crippen molar-refractivity contribution in [1.82, 2.24) is 0 Å². The number of allylic oxidation sites excluding steroid dienone is 4. The number of unbranched alkanes of at least 4 members (excludes halogenated alkanes) is 7. The molecule has 2 radical (unpaired) electrons. The van der Waals surface area contributed by atoms with E-state index >= 15 is 0 Å². The molecule has 1 nitrogen and oxygen atoms in total. The fourth-order valence-electron chi connectivity index (χ4n) is 2.90. The van der Waals surface area contributed by atoms with E-state index in [1.807, 2.05) is 28.4 Å². The van der Waals surface area contributed by atoms with Gasteiger partial charge in [-0.2, -0.15) is 17.7 Å². The molecular formula is C26H45NSiTi. The largest absolute Gasteiger partial charge is 3.00 e. The van der Waals surface area contributed by atoms with Crippen LogP contribution in [0, 0.1) is 19.4 Å². The molecule has 1 aromatic carbocycles. The molecular weight excluding hydrogens is 402 g/mol. The van der Waals surface area contributed by atoms with E-state index in [-0.39, 0.29) is 29.1 Å². The van der Waals surface area contributed by atoms with Crippen LogP contribution in [0.25, 0.3) is 5.73 Å². The number of hydrogen-bond acceptors (Lipinski definition) is 0. The van der Waals surface area contributed by atoms with Crippen LogP contribution >= 0.6 is 0 Å². The molecule has 0 heterocycles. The molecule has 0 spiro atoms. The van der Waals surface area contributed by atoms with Gasteiger partial charge in [0.25, 0.3) is 0 Å². The molecule has 1 aliphatic carbocycles. The van der Waals surface area contributed by atoms with Gasteiger partial charge in [0.15, 0.2) is 0 Å². The van der Waals surface area contributed by atoms with Gasteiger partial charge in [-0.15, -0.1) is 6.92 Å². The van der Waals surface area contributed by atoms with Crippen LogP contribution in [0.4, 0.5) is 0 Å². The van der Waals surface area contributed by atoms with Gasteiger partial charge in [-0.25, -0.2) is 5.57 Å². The SMILES string of the molecule is CC1=[C-]C(C)C(C)=C1C.CCCCCCCCCC[NH-].[CH3-].[SiH2]c1ccccc1.[Ti+3]. The van der Waals surface area contributed by atoms with Crippen LogP contribution in [-0.2, 0) is 21.7 Å². The molecule has 0 saturated heterocycles. The van der Waals surface area contributed by atoms with Crippen molar-refractivity contribution in [1.29, 1.82) is 0 Å². The zero-order chi connectivity index (χ0) is 20.5. The van der Waals surface area contributed by atoms with Crippen molar-refractivity contribution >= 4 is 15.4 Å². The van der Waals surface area contributed by atoms with Crippen molar-refractivity contribution in [3.8, 4) is 0 Å². The Hall–Kier alpha value is -0.409. The standard InChI is InChI=1S/C10H22N.C9H13.C6H7Si.CH3.Ti/c1-2-3-4-5-6-7-8-9-10-11;1-6-5-7(2)9(4)8(6)3;7-6-4-2-1-3-5-6;;/h11H,2-10H2,1H3;6H,1-4H3;1-5H,7H2;1H3;/q2*-1;;-1;+3. The van der Waals surface area contributed by atoms with Crippen LogP contribution in [0.3, 0.4) is 0 Å². The van der Waals surface area contributed by atoms with Crippen LogP contribution in [0.15, 0.2) is 47.1 Å². The van der Waals surface area contributed by atoms with E-state index in [0.29, 0.717) is 12.5 Å². The van der Waals surface area contributed by atoms with Gasteiger partial charge in [0.1, 0.15) is 0 Å². The summed E-state index contributed by atoms with van der Waals surface area (Å²) in [5.41, 5.74) is 11.2. The first kappa shape index (κ1) is 33.2. The summed E-state index contributed by atoms with van der Waals surface area (Å²) in [5.74, 6) is 0.560. The van der Waals surface area contributed by atoms with Gasteiger partial charge in [0.2, 0.25) is 0 Å². The molecule has 162 valence electrons. The second-order valence-corrected chi connectivity index (χ2v) is 8.33. The monoisotopic (exact) mass is 447 g/mol. The van der Waals surface area contributed by atoms with E-state index < -0.39 is 0 Å². The quantitative estimate of drug-likeness (QED) is 0.227. The molecule has 1 aliphatic rings. The first-order valence-corrected chi connectivity index (χ1v) is 11.4. The Balaban J connectivity index is -0.000000344. The third kappa shape index (κ3) is 18.1. The van der Waals surface area contributed by atoms with Gasteiger partial charge in [-0.05, 0) is 0 Å². The van der Waals surface area contributed by atoms with Gasteiger partial charge >= 0.3 is 21.7 Å². The minimum absolute atomic E-state index is 0. The molecule has 1 unspecified atom stereocenters. The summed E-state index contributed by atoms with van der Waals surface area (Å²) in [4.78, 5) is 0. The Kier molecular flexibility index (Phi) is 25.5. The van der Waals surface area contributed by atoms with E-state index in [0.717, 1.165) is 6.42 Å². The van der Waals surface area contributed by atoms with Gasteiger partial charge in [-0.1, -0.05) is 120 Å². The van der Waals surface area contributed by atoms with Crippen molar-refractivity contribution in [3.63, 3.8) is 0 Å². The summed E-state index contributed by atoms with van der Waals surface area (Å²) in [6, 6.07) is 10.3. The zero-order valence-electron chi connectivity index (χ0n) is 20.0. The maximum absolute atomic E-state index is 6.95. The van der Waals surface area contributed by atoms with Crippen LogP contribution < -0.4 is 5.19 Å². The van der Waals surface area contributed by atoms with E-state index in [1.54, 1.807) is 0 Å². The summed E-state index contributed by atoms with van der Waals surface area (Å²) in [6.07, 6.45) is 14.0. The Labute approximate surface area is 201 Å². The molecule has 1 aromatic rings. The third-order valence-corrected chi connectivity index (χ3v) is 5.58. The van der Waals surface area contributed by atoms with E-state index in [2.05, 4.69) is 52.8 Å². The first-order chi connectivity index (χ1) is 12.9. The Morgan fingerprint density at radius 3 is 1.66 bits per heavy atom. The maximum atomic E-state index is 6.95. The number of nitrogens with one attached hydrogen (secondary N) is 1. The van der Waals surface area contributed by atoms with E-state index in [4.69, 9.17) is 5.73 Å². The predicted molar refractivity (Wildman–Crippen MR) is 133 cm³/mol. The van der Waals surface area contributed by atoms with Crippen LogP contribution in [-0.4, -0.2) is 16.8 Å². The van der Waals surface area contributed by atoms with Crippen molar-refractivity contribution in [3.05, 3.63) is 66.3 Å². The molecule has 0 fully saturated rings. The molecule has 1 atom stereocenters. The minimum Gasteiger partial charge on any atom is -0.677 e. The normalized spacial score (nSPS) is 14.4. The average Bonchev–Trinajstić information content (AvgIpc) is 2.88. The number of benzene rings is 1. The number of hydrogen-bond donors (Lipinski definition) is 0. The summed E-state index contributed by atoms with van der Waals surface area (Å²) < 4.78 is 0. The van der Waals surface area contributed by atoms with Gasteiger partial charge in [0.05, 0.1) is 0 Å². The van der Waals surface area contributed by atoms with Crippen molar-refractivity contribution in [2.45, 2.75) is 86.0 Å². The van der Waals surface area contributed by atoms with Crippen molar-refractivity contribution in [2.24, 2.45) is 5.92 Å². The number of rotatable bonds is 8. The maximum Gasteiger partial charge on any atom is 3.00 e. The minimum atomic E-state index is 0. The summed E-state index contributed by atoms with van der Waals surface area (Å²) in [5, 5.41) is 1.35. The first-order valence-electron chi connectivity index (χ1n) is 10.7. The predicted octanol–water partition coefficient (Wildman–Crippen LogP) is 7.29. The molecule has 0 aliphatic heterocycles. The van der Waals surface area contributed by atoms with Crippen LogP contribution in [0.5, 0.6) is 0 Å². The fourth-order valence-corrected chi connectivity index (χ4v) is 3.17. The smallest absolute Gasteiger partial charge is 0.677 e. The molecule has 29 heavy (non-hydrogen) atoms. The molecule has 0 amide bonds. The second-order valence-electron chi connectivity index (χ2n) is 7.51. The summed E-state index contributed by atoms with van der Waals surface area (Å²) in [6.45, 7) is 11.5. The Bertz CT molecular complexity index is 529. The summed E-state index contributed by atoms with van der Waals surface area (Å²) >= 11 is 0. The molecule has 3 heteroatoms. The van der Waals surface area contributed by atoms with Crippen LogP contribution in [0.1, 0.15) is 86.0 Å². The Morgan fingerprint density at radius 1 is 0.897 bits per heavy atom. The molecule has 2 rings (SSSR count). The molecule has 0 saturated carbocycles. The molecule has 1 N–H and O–H groups in total. The van der Waals surface area contributed by atoms with E-state index in [9.17, 15) is 0 Å². The zero-order valence-corrected chi connectivity index (χ0v) is 23.0. The van der Waals surface area contributed by atoms with Crippen molar-refractivity contribution < 1.29 is 21.7 Å². The van der Waals surface area contributed by atoms with Crippen LogP contribution in [0.2, 0.25) is 0 Å². The summed E-state index contributed by atoms with van der Waals surface area (Å²) in [7, 11) is 1.90. The van der Waals surface area contributed by atoms with Gasteiger partial charge in [0, 0.05) is 10.2 Å². The third-order valence-electron chi connectivity index (χ3n) is 5.11. The second kappa shape index (κ2) is 22.3. The Morgan fingerprint density at radius 2 is 1.38 bits per heavy atom. The molecule has 0 aromatic heterocycles. The fraction of sp³-hybridized carbons (Fsp3) is 0.577. The van der Waals surface area contributed by atoms with Gasteiger partial charge < -0.3 is 13.2 Å². The molecule has 0 bridgehead atoms.